The third-order valence-electron chi connectivity index (χ3n) is 5.39. The second-order valence-corrected chi connectivity index (χ2v) is 9.22. The Morgan fingerprint density at radius 2 is 1.36 bits per heavy atom. The first-order valence-electron chi connectivity index (χ1n) is 9.38. The summed E-state index contributed by atoms with van der Waals surface area (Å²) in [7, 11) is 4.17. The summed E-state index contributed by atoms with van der Waals surface area (Å²) in [4.78, 5) is 2.15. The van der Waals surface area contributed by atoms with Gasteiger partial charge in [-0.25, -0.2) is 0 Å². The number of nitrogens with zero attached hydrogens (tertiary/aromatic N) is 1. The zero-order chi connectivity index (χ0) is 18.8. The second kappa shape index (κ2) is 7.23. The molecule has 1 nitrogen and oxygen atoms in total. The molecule has 0 N–H and O–H groups in total. The van der Waals surface area contributed by atoms with Crippen LogP contribution in [0.25, 0.3) is 0 Å². The summed E-state index contributed by atoms with van der Waals surface area (Å²) in [5.74, 6) is 0. The maximum Gasteiger partial charge on any atom is 0.0361 e. The van der Waals surface area contributed by atoms with Crippen molar-refractivity contribution in [2.75, 3.05) is 19.0 Å². The van der Waals surface area contributed by atoms with Crippen LogP contribution in [0.5, 0.6) is 0 Å². The number of hydrogen-bond acceptors (Lipinski definition) is 1. The topological polar surface area (TPSA) is 3.24 Å². The Kier molecular flexibility index (Phi) is 5.66. The van der Waals surface area contributed by atoms with E-state index >= 15 is 0 Å². The zero-order valence-electron chi connectivity index (χ0n) is 17.4. The van der Waals surface area contributed by atoms with E-state index in [1.165, 1.54) is 27.9 Å². The molecule has 0 radical (unpaired) electrons. The van der Waals surface area contributed by atoms with Gasteiger partial charge in [-0.15, -0.1) is 0 Å². The van der Waals surface area contributed by atoms with Gasteiger partial charge >= 0.3 is 0 Å². The molecule has 136 valence electrons. The van der Waals surface area contributed by atoms with Crippen LogP contribution < -0.4 is 4.90 Å². The molecule has 0 saturated heterocycles. The van der Waals surface area contributed by atoms with Gasteiger partial charge in [0, 0.05) is 19.8 Å². The highest BCUT2D eigenvalue weighted by Crippen LogP contribution is 2.31. The number of anilines is 1. The molecule has 2 aromatic rings. The Morgan fingerprint density at radius 3 is 1.84 bits per heavy atom. The fraction of sp³-hybridized carbons (Fsp3) is 0.500. The van der Waals surface area contributed by atoms with Crippen LogP contribution in [-0.2, 0) is 17.3 Å². The molecule has 0 aliphatic rings. The normalized spacial score (nSPS) is 12.3. The molecule has 2 aromatic carbocycles. The lowest BCUT2D eigenvalue weighted by atomic mass is 9.78. The van der Waals surface area contributed by atoms with Crippen molar-refractivity contribution in [2.45, 2.75) is 65.2 Å². The summed E-state index contributed by atoms with van der Waals surface area (Å²) in [6.07, 6.45) is 2.28. The van der Waals surface area contributed by atoms with Crippen molar-refractivity contribution in [2.24, 2.45) is 0 Å². The summed E-state index contributed by atoms with van der Waals surface area (Å²) < 4.78 is 0. The molecule has 0 amide bonds. The Morgan fingerprint density at radius 1 is 0.800 bits per heavy atom. The van der Waals surface area contributed by atoms with E-state index in [-0.39, 0.29) is 10.8 Å². The fourth-order valence-corrected chi connectivity index (χ4v) is 3.25. The molecule has 0 aliphatic heterocycles. The smallest absolute Gasteiger partial charge is 0.0361 e. The van der Waals surface area contributed by atoms with Gasteiger partial charge in [0.2, 0.25) is 0 Å². The average molecular weight is 338 g/mol. The van der Waals surface area contributed by atoms with Crippen molar-refractivity contribution >= 4 is 5.69 Å². The number of aryl methyl sites for hydroxylation is 2. The van der Waals surface area contributed by atoms with E-state index in [0.29, 0.717) is 0 Å². The molecule has 0 spiro atoms. The van der Waals surface area contributed by atoms with Gasteiger partial charge in [-0.05, 0) is 65.0 Å². The lowest BCUT2D eigenvalue weighted by molar-refractivity contribution is 0.479. The molecule has 25 heavy (non-hydrogen) atoms. The largest absolute Gasteiger partial charge is 0.378 e. The van der Waals surface area contributed by atoms with Crippen LogP contribution in [0.4, 0.5) is 5.69 Å². The van der Waals surface area contributed by atoms with Crippen molar-refractivity contribution in [1.82, 2.24) is 0 Å². The zero-order valence-corrected chi connectivity index (χ0v) is 17.4. The predicted octanol–water partition coefficient (Wildman–Crippen LogP) is 6.27. The second-order valence-electron chi connectivity index (χ2n) is 9.22. The Hall–Kier alpha value is -1.76. The van der Waals surface area contributed by atoms with Gasteiger partial charge in [0.1, 0.15) is 0 Å². The molecule has 0 heterocycles. The summed E-state index contributed by atoms with van der Waals surface area (Å²) >= 11 is 0. The van der Waals surface area contributed by atoms with Gasteiger partial charge < -0.3 is 4.90 Å². The van der Waals surface area contributed by atoms with Crippen LogP contribution in [0.15, 0.2) is 42.5 Å². The molecule has 0 saturated carbocycles. The molecule has 0 bridgehead atoms. The van der Waals surface area contributed by atoms with Crippen LogP contribution >= 0.6 is 0 Å². The lowest BCUT2D eigenvalue weighted by Crippen LogP contribution is -2.19. The number of rotatable bonds is 5. The minimum Gasteiger partial charge on any atom is -0.378 e. The predicted molar refractivity (Wildman–Crippen MR) is 112 cm³/mol. The van der Waals surface area contributed by atoms with E-state index < -0.39 is 0 Å². The van der Waals surface area contributed by atoms with Crippen molar-refractivity contribution in [3.8, 4) is 0 Å². The molecular weight excluding hydrogens is 302 g/mol. The SMILES string of the molecule is Cc1cc(C(C)(C)C)ccc1CCC(C)(C)c1ccc(N(C)C)cc1. The quantitative estimate of drug-likeness (QED) is 0.621. The molecule has 2 rings (SSSR count). The summed E-state index contributed by atoms with van der Waals surface area (Å²) in [6, 6.07) is 16.0. The van der Waals surface area contributed by atoms with Crippen LogP contribution in [0.2, 0.25) is 0 Å². The van der Waals surface area contributed by atoms with E-state index in [1.54, 1.807) is 0 Å². The van der Waals surface area contributed by atoms with Gasteiger partial charge in [-0.2, -0.15) is 0 Å². The molecule has 0 aliphatic carbocycles. The third-order valence-corrected chi connectivity index (χ3v) is 5.39. The monoisotopic (exact) mass is 337 g/mol. The highest BCUT2D eigenvalue weighted by molar-refractivity contribution is 5.47. The van der Waals surface area contributed by atoms with Crippen LogP contribution in [-0.4, -0.2) is 14.1 Å². The van der Waals surface area contributed by atoms with Crippen molar-refractivity contribution < 1.29 is 0 Å². The molecule has 0 unspecified atom stereocenters. The molecule has 0 fully saturated rings. The van der Waals surface area contributed by atoms with Crippen molar-refractivity contribution in [3.63, 3.8) is 0 Å². The summed E-state index contributed by atoms with van der Waals surface area (Å²) in [5.41, 5.74) is 7.40. The Labute approximate surface area is 155 Å². The van der Waals surface area contributed by atoms with E-state index in [2.05, 4.69) is 103 Å². The minimum absolute atomic E-state index is 0.181. The van der Waals surface area contributed by atoms with Crippen LogP contribution in [0.1, 0.15) is 63.3 Å². The van der Waals surface area contributed by atoms with E-state index in [4.69, 9.17) is 0 Å². The summed E-state index contributed by atoms with van der Waals surface area (Å²) in [5, 5.41) is 0. The van der Waals surface area contributed by atoms with Gasteiger partial charge in [-0.3, -0.25) is 0 Å². The standard InChI is InChI=1S/C24H35N/c1-18-17-21(23(2,3)4)10-9-19(18)15-16-24(5,6)20-11-13-22(14-12-20)25(7)8/h9-14,17H,15-16H2,1-8H3. The van der Waals surface area contributed by atoms with Crippen LogP contribution in [0, 0.1) is 6.92 Å². The highest BCUT2D eigenvalue weighted by atomic mass is 15.1. The van der Waals surface area contributed by atoms with E-state index in [9.17, 15) is 0 Å². The first kappa shape index (κ1) is 19.6. The number of benzene rings is 2. The lowest BCUT2D eigenvalue weighted by Gasteiger charge is -2.27. The number of hydrogen-bond donors (Lipinski definition) is 0. The fourth-order valence-electron chi connectivity index (χ4n) is 3.25. The Bertz CT molecular complexity index is 700. The van der Waals surface area contributed by atoms with Crippen LogP contribution in [0.3, 0.4) is 0 Å². The van der Waals surface area contributed by atoms with Crippen molar-refractivity contribution in [3.05, 3.63) is 64.7 Å². The maximum absolute atomic E-state index is 2.37. The maximum atomic E-state index is 2.37. The van der Waals surface area contributed by atoms with E-state index in [1.807, 2.05) is 0 Å². The first-order chi connectivity index (χ1) is 11.5. The Balaban J connectivity index is 2.11. The van der Waals surface area contributed by atoms with Crippen molar-refractivity contribution in [1.29, 1.82) is 0 Å². The first-order valence-corrected chi connectivity index (χ1v) is 9.38. The molecule has 0 aromatic heterocycles. The van der Waals surface area contributed by atoms with Gasteiger partial charge in [0.05, 0.1) is 0 Å². The molecular formula is C24H35N. The molecule has 1 heteroatoms. The highest BCUT2D eigenvalue weighted by Gasteiger charge is 2.21. The van der Waals surface area contributed by atoms with Gasteiger partial charge in [0.25, 0.3) is 0 Å². The third kappa shape index (κ3) is 4.87. The average Bonchev–Trinajstić information content (AvgIpc) is 2.53. The molecule has 0 atom stereocenters. The minimum atomic E-state index is 0.181. The van der Waals surface area contributed by atoms with Gasteiger partial charge in [-0.1, -0.05) is 65.0 Å². The summed E-state index contributed by atoms with van der Waals surface area (Å²) in [6.45, 7) is 13.8. The van der Waals surface area contributed by atoms with E-state index in [0.717, 1.165) is 12.8 Å². The van der Waals surface area contributed by atoms with Gasteiger partial charge in [0.15, 0.2) is 0 Å².